The minimum absolute atomic E-state index is 0.00975. The molecule has 0 spiro atoms. The van der Waals surface area contributed by atoms with E-state index < -0.39 is 0 Å². The van der Waals surface area contributed by atoms with Gasteiger partial charge in [-0.2, -0.15) is 5.26 Å². The number of nitrogens with one attached hydrogen (secondary N) is 1. The quantitative estimate of drug-likeness (QED) is 0.879. The summed E-state index contributed by atoms with van der Waals surface area (Å²) >= 11 is 0. The molecular formula is C15H19N3O2. The van der Waals surface area contributed by atoms with Gasteiger partial charge >= 0.3 is 0 Å². The number of carbonyl (C=O) groups excluding carboxylic acids is 1. The van der Waals surface area contributed by atoms with Gasteiger partial charge in [0.15, 0.2) is 0 Å². The lowest BCUT2D eigenvalue weighted by Crippen LogP contribution is -2.38. The van der Waals surface area contributed by atoms with Crippen LogP contribution >= 0.6 is 0 Å². The Bertz CT molecular complexity index is 502. The van der Waals surface area contributed by atoms with Crippen LogP contribution in [0.3, 0.4) is 0 Å². The van der Waals surface area contributed by atoms with E-state index in [-0.39, 0.29) is 17.6 Å². The second kappa shape index (κ2) is 6.92. The van der Waals surface area contributed by atoms with Crippen LogP contribution in [-0.4, -0.2) is 35.5 Å². The van der Waals surface area contributed by atoms with Crippen molar-refractivity contribution in [2.75, 3.05) is 25.0 Å². The molecule has 2 N–H and O–H groups in total. The summed E-state index contributed by atoms with van der Waals surface area (Å²) < 4.78 is 0. The fraction of sp³-hybridized carbons (Fsp3) is 0.467. The first-order chi connectivity index (χ1) is 9.69. The Morgan fingerprint density at radius 3 is 2.85 bits per heavy atom. The lowest BCUT2D eigenvalue weighted by atomic mass is 9.95. The van der Waals surface area contributed by atoms with Crippen molar-refractivity contribution in [1.82, 2.24) is 4.90 Å². The summed E-state index contributed by atoms with van der Waals surface area (Å²) in [5.41, 5.74) is 0.627. The largest absolute Gasteiger partial charge is 0.508 e. The Morgan fingerprint density at radius 2 is 2.20 bits per heavy atom. The number of aromatic hydroxyl groups is 1. The molecule has 20 heavy (non-hydrogen) atoms. The molecule has 0 aliphatic carbocycles. The fourth-order valence-electron chi connectivity index (χ4n) is 2.45. The van der Waals surface area contributed by atoms with Crippen LogP contribution in [0.5, 0.6) is 5.75 Å². The molecule has 2 rings (SSSR count). The minimum atomic E-state index is 0.00975. The molecule has 0 unspecified atom stereocenters. The third kappa shape index (κ3) is 3.97. The Morgan fingerprint density at radius 1 is 1.45 bits per heavy atom. The predicted octanol–water partition coefficient (Wildman–Crippen LogP) is 1.96. The van der Waals surface area contributed by atoms with Gasteiger partial charge in [0.2, 0.25) is 5.91 Å². The van der Waals surface area contributed by atoms with Gasteiger partial charge in [0.05, 0.1) is 6.07 Å². The summed E-state index contributed by atoms with van der Waals surface area (Å²) in [6.45, 7) is 2.51. The highest BCUT2D eigenvalue weighted by atomic mass is 16.3. The number of nitrogens with zero attached hydrogens (tertiary/aromatic N) is 2. The number of carbonyl (C=O) groups is 1. The summed E-state index contributed by atoms with van der Waals surface area (Å²) in [6.07, 6.45) is 2.17. The Labute approximate surface area is 118 Å². The fourth-order valence-corrected chi connectivity index (χ4v) is 2.45. The molecule has 1 aliphatic heterocycles. The highest BCUT2D eigenvalue weighted by Crippen LogP contribution is 2.21. The van der Waals surface area contributed by atoms with Crippen molar-refractivity contribution in [3.05, 3.63) is 24.3 Å². The van der Waals surface area contributed by atoms with Crippen LogP contribution in [0.4, 0.5) is 5.69 Å². The number of amides is 1. The number of anilines is 1. The molecule has 0 atom stereocenters. The molecule has 0 bridgehead atoms. The first kappa shape index (κ1) is 14.4. The van der Waals surface area contributed by atoms with Crippen LogP contribution in [0.2, 0.25) is 0 Å². The maximum atomic E-state index is 12.1. The summed E-state index contributed by atoms with van der Waals surface area (Å²) in [6, 6.07) is 8.72. The average Bonchev–Trinajstić information content (AvgIpc) is 2.45. The number of likely N-dealkylation sites (tertiary alicyclic amines) is 1. The number of hydrogen-bond donors (Lipinski definition) is 2. The zero-order chi connectivity index (χ0) is 14.4. The molecule has 0 saturated carbocycles. The van der Waals surface area contributed by atoms with Crippen molar-refractivity contribution in [2.24, 2.45) is 5.92 Å². The van der Waals surface area contributed by atoms with Gasteiger partial charge in [-0.25, -0.2) is 0 Å². The molecule has 1 heterocycles. The molecule has 0 radical (unpaired) electrons. The number of piperidine rings is 1. The maximum absolute atomic E-state index is 12.1. The molecular weight excluding hydrogens is 254 g/mol. The van der Waals surface area contributed by atoms with Crippen LogP contribution in [0.1, 0.15) is 19.3 Å². The molecule has 1 aromatic carbocycles. The molecule has 5 nitrogen and oxygen atoms in total. The van der Waals surface area contributed by atoms with Crippen molar-refractivity contribution in [2.45, 2.75) is 19.3 Å². The highest BCUT2D eigenvalue weighted by molar-refractivity contribution is 5.92. The smallest absolute Gasteiger partial charge is 0.227 e. The topological polar surface area (TPSA) is 76.4 Å². The van der Waals surface area contributed by atoms with Crippen LogP contribution in [0.15, 0.2) is 24.3 Å². The maximum Gasteiger partial charge on any atom is 0.227 e. The lowest BCUT2D eigenvalue weighted by molar-refractivity contribution is -0.121. The van der Waals surface area contributed by atoms with E-state index in [1.165, 1.54) is 0 Å². The number of nitriles is 1. The van der Waals surface area contributed by atoms with E-state index in [4.69, 9.17) is 5.26 Å². The number of hydrogen-bond acceptors (Lipinski definition) is 4. The molecule has 1 aliphatic rings. The highest BCUT2D eigenvalue weighted by Gasteiger charge is 2.24. The van der Waals surface area contributed by atoms with Gasteiger partial charge in [0.25, 0.3) is 0 Å². The molecule has 5 heteroatoms. The number of benzene rings is 1. The molecule has 1 aromatic rings. The Balaban J connectivity index is 1.82. The van der Waals surface area contributed by atoms with Gasteiger partial charge in [-0.15, -0.1) is 0 Å². The Hall–Kier alpha value is -2.06. The van der Waals surface area contributed by atoms with Gasteiger partial charge in [0, 0.05) is 30.6 Å². The van der Waals surface area contributed by atoms with E-state index in [9.17, 15) is 9.90 Å². The summed E-state index contributed by atoms with van der Waals surface area (Å²) in [7, 11) is 0. The molecule has 1 fully saturated rings. The normalized spacial score (nSPS) is 16.6. The van der Waals surface area contributed by atoms with Gasteiger partial charge in [-0.3, -0.25) is 4.79 Å². The summed E-state index contributed by atoms with van der Waals surface area (Å²) in [5.74, 6) is 0.167. The summed E-state index contributed by atoms with van der Waals surface area (Å²) in [4.78, 5) is 14.4. The molecule has 106 valence electrons. The predicted molar refractivity (Wildman–Crippen MR) is 76.1 cm³/mol. The van der Waals surface area contributed by atoms with Crippen molar-refractivity contribution in [3.8, 4) is 11.8 Å². The first-order valence-electron chi connectivity index (χ1n) is 6.88. The van der Waals surface area contributed by atoms with Crippen molar-refractivity contribution >= 4 is 11.6 Å². The average molecular weight is 273 g/mol. The van der Waals surface area contributed by atoms with E-state index in [2.05, 4.69) is 16.3 Å². The van der Waals surface area contributed by atoms with E-state index in [1.807, 2.05) is 0 Å². The Kier molecular flexibility index (Phi) is 4.97. The first-order valence-corrected chi connectivity index (χ1v) is 6.88. The molecule has 0 aromatic heterocycles. The van der Waals surface area contributed by atoms with Gasteiger partial charge in [-0.05, 0) is 38.1 Å². The van der Waals surface area contributed by atoms with Crippen LogP contribution in [0.25, 0.3) is 0 Å². The lowest BCUT2D eigenvalue weighted by Gasteiger charge is -2.30. The second-order valence-corrected chi connectivity index (χ2v) is 5.06. The zero-order valence-electron chi connectivity index (χ0n) is 11.4. The van der Waals surface area contributed by atoms with Gasteiger partial charge in [-0.1, -0.05) is 6.07 Å². The van der Waals surface area contributed by atoms with E-state index in [1.54, 1.807) is 24.3 Å². The second-order valence-electron chi connectivity index (χ2n) is 5.06. The van der Waals surface area contributed by atoms with E-state index in [0.717, 1.165) is 32.5 Å². The molecule has 1 amide bonds. The standard InChI is InChI=1S/C15H19N3O2/c16-7-2-8-18-9-5-12(6-10-18)15(20)17-13-3-1-4-14(19)11-13/h1,3-4,11-12,19H,2,5-6,8-10H2,(H,17,20). The van der Waals surface area contributed by atoms with Gasteiger partial charge in [0.1, 0.15) is 5.75 Å². The minimum Gasteiger partial charge on any atom is -0.508 e. The van der Waals surface area contributed by atoms with E-state index >= 15 is 0 Å². The molecule has 1 saturated heterocycles. The van der Waals surface area contributed by atoms with Crippen LogP contribution < -0.4 is 5.32 Å². The van der Waals surface area contributed by atoms with Crippen LogP contribution in [0, 0.1) is 17.2 Å². The van der Waals surface area contributed by atoms with Gasteiger partial charge < -0.3 is 15.3 Å². The number of phenolic OH excluding ortho intramolecular Hbond substituents is 1. The number of phenols is 1. The third-order valence-electron chi connectivity index (χ3n) is 3.61. The van der Waals surface area contributed by atoms with Crippen LogP contribution in [-0.2, 0) is 4.79 Å². The SMILES string of the molecule is N#CCCN1CCC(C(=O)Nc2cccc(O)c2)CC1. The van der Waals surface area contributed by atoms with Crippen molar-refractivity contribution in [1.29, 1.82) is 5.26 Å². The van der Waals surface area contributed by atoms with E-state index in [0.29, 0.717) is 12.1 Å². The monoisotopic (exact) mass is 273 g/mol. The van der Waals surface area contributed by atoms with Crippen molar-refractivity contribution in [3.63, 3.8) is 0 Å². The van der Waals surface area contributed by atoms with Crippen molar-refractivity contribution < 1.29 is 9.90 Å². The number of rotatable bonds is 4. The third-order valence-corrected chi connectivity index (χ3v) is 3.61. The zero-order valence-corrected chi connectivity index (χ0v) is 11.4. The summed E-state index contributed by atoms with van der Waals surface area (Å²) in [5, 5.41) is 20.8.